The van der Waals surface area contributed by atoms with Gasteiger partial charge in [0.25, 0.3) is 0 Å². The summed E-state index contributed by atoms with van der Waals surface area (Å²) in [6.45, 7) is 7.70. The Morgan fingerprint density at radius 1 is 1.19 bits per heavy atom. The molecule has 0 aliphatic carbocycles. The minimum atomic E-state index is -0.0627. The highest BCUT2D eigenvalue weighted by molar-refractivity contribution is 5.73. The first-order valence-electron chi connectivity index (χ1n) is 6.38. The van der Waals surface area contributed by atoms with Gasteiger partial charge in [0.15, 0.2) is 0 Å². The fourth-order valence-electron chi connectivity index (χ4n) is 1.94. The molecule has 0 spiro atoms. The van der Waals surface area contributed by atoms with Crippen molar-refractivity contribution in [2.45, 2.75) is 46.1 Å². The summed E-state index contributed by atoms with van der Waals surface area (Å²) in [7, 11) is 2.00. The van der Waals surface area contributed by atoms with E-state index in [9.17, 15) is 4.79 Å². The van der Waals surface area contributed by atoms with Gasteiger partial charge in [0.05, 0.1) is 0 Å². The Labute approximate surface area is 99.6 Å². The lowest BCUT2D eigenvalue weighted by Gasteiger charge is -2.25. The minimum Gasteiger partial charge on any atom is -0.338 e. The number of urea groups is 1. The van der Waals surface area contributed by atoms with Gasteiger partial charge in [0.1, 0.15) is 0 Å². The van der Waals surface area contributed by atoms with Gasteiger partial charge in [-0.2, -0.15) is 0 Å². The van der Waals surface area contributed by atoms with Crippen LogP contribution in [-0.2, 0) is 0 Å². The molecule has 0 aromatic rings. The molecule has 0 fully saturated rings. The van der Waals surface area contributed by atoms with Crippen molar-refractivity contribution in [2.24, 2.45) is 5.92 Å². The first kappa shape index (κ1) is 15.2. The van der Waals surface area contributed by atoms with Crippen molar-refractivity contribution in [1.29, 1.82) is 0 Å². The molecule has 0 aromatic carbocycles. The zero-order chi connectivity index (χ0) is 12.4. The number of hydrogen-bond acceptors (Lipinski definition) is 2. The molecular weight excluding hydrogens is 202 g/mol. The smallest absolute Gasteiger partial charge is 0.314 e. The Kier molecular flexibility index (Phi) is 9.00. The van der Waals surface area contributed by atoms with E-state index in [2.05, 4.69) is 29.8 Å². The van der Waals surface area contributed by atoms with Crippen molar-refractivity contribution in [3.63, 3.8) is 0 Å². The summed E-state index contributed by atoms with van der Waals surface area (Å²) in [6, 6.07) is 0.434. The number of carbonyl (C=O) groups excluding carboxylic acids is 1. The highest BCUT2D eigenvalue weighted by Gasteiger charge is 2.17. The van der Waals surface area contributed by atoms with Gasteiger partial charge in [-0.3, -0.25) is 0 Å². The molecule has 0 saturated carbocycles. The van der Waals surface area contributed by atoms with E-state index in [1.807, 2.05) is 14.0 Å². The van der Waals surface area contributed by atoms with Gasteiger partial charge in [-0.25, -0.2) is 4.79 Å². The highest BCUT2D eigenvalue weighted by Crippen LogP contribution is 2.12. The van der Waals surface area contributed by atoms with Gasteiger partial charge in [-0.1, -0.05) is 26.7 Å². The number of amides is 2. The van der Waals surface area contributed by atoms with E-state index in [0.29, 0.717) is 18.5 Å². The van der Waals surface area contributed by atoms with Gasteiger partial charge in [0, 0.05) is 19.1 Å². The maximum absolute atomic E-state index is 11.3. The molecule has 0 saturated heterocycles. The summed E-state index contributed by atoms with van der Waals surface area (Å²) in [4.78, 5) is 11.3. The Hall–Kier alpha value is -0.770. The van der Waals surface area contributed by atoms with Crippen LogP contribution in [0.25, 0.3) is 0 Å². The van der Waals surface area contributed by atoms with Crippen LogP contribution in [0.2, 0.25) is 0 Å². The van der Waals surface area contributed by atoms with Crippen LogP contribution >= 0.6 is 0 Å². The maximum Gasteiger partial charge on any atom is 0.314 e. The van der Waals surface area contributed by atoms with Gasteiger partial charge < -0.3 is 16.0 Å². The maximum atomic E-state index is 11.3. The first-order chi connectivity index (χ1) is 7.69. The van der Waals surface area contributed by atoms with Gasteiger partial charge >= 0.3 is 6.03 Å². The molecule has 0 heterocycles. The fourth-order valence-corrected chi connectivity index (χ4v) is 1.94. The summed E-state index contributed by atoms with van der Waals surface area (Å²) in [5.74, 6) is 0.507. The Bertz CT molecular complexity index is 185. The molecule has 3 N–H and O–H groups in total. The molecule has 0 aliphatic rings. The molecule has 0 aromatic heterocycles. The Morgan fingerprint density at radius 2 is 1.88 bits per heavy atom. The predicted molar refractivity (Wildman–Crippen MR) is 68.6 cm³/mol. The molecule has 2 unspecified atom stereocenters. The van der Waals surface area contributed by atoms with Crippen LogP contribution in [-0.4, -0.2) is 32.2 Å². The standard InChI is InChI=1S/C12H27N3O/c1-5-8-11(13-4)10(6-2)9-15-12(16)14-7-3/h10-11,13H,5-9H2,1-4H3,(H2,14,15,16). The second kappa shape index (κ2) is 9.46. The van der Waals surface area contributed by atoms with Crippen molar-refractivity contribution in [3.05, 3.63) is 0 Å². The van der Waals surface area contributed by atoms with Crippen LogP contribution < -0.4 is 16.0 Å². The molecule has 0 rings (SSSR count). The van der Waals surface area contributed by atoms with Crippen LogP contribution in [0, 0.1) is 5.92 Å². The van der Waals surface area contributed by atoms with E-state index >= 15 is 0 Å². The minimum absolute atomic E-state index is 0.0627. The average Bonchev–Trinajstić information content (AvgIpc) is 2.28. The monoisotopic (exact) mass is 229 g/mol. The number of hydrogen-bond donors (Lipinski definition) is 3. The second-order valence-electron chi connectivity index (χ2n) is 4.09. The third kappa shape index (κ3) is 5.95. The van der Waals surface area contributed by atoms with Crippen LogP contribution in [0.3, 0.4) is 0 Å². The topological polar surface area (TPSA) is 53.2 Å². The first-order valence-corrected chi connectivity index (χ1v) is 6.38. The Morgan fingerprint density at radius 3 is 2.31 bits per heavy atom. The third-order valence-corrected chi connectivity index (χ3v) is 2.93. The van der Waals surface area contributed by atoms with E-state index in [4.69, 9.17) is 0 Å². The second-order valence-corrected chi connectivity index (χ2v) is 4.09. The lowest BCUT2D eigenvalue weighted by atomic mass is 9.93. The summed E-state index contributed by atoms with van der Waals surface area (Å²) in [5.41, 5.74) is 0. The van der Waals surface area contributed by atoms with Crippen molar-refractivity contribution in [2.75, 3.05) is 20.1 Å². The lowest BCUT2D eigenvalue weighted by Crippen LogP contribution is -2.43. The van der Waals surface area contributed by atoms with Gasteiger partial charge in [0.2, 0.25) is 0 Å². The molecule has 4 nitrogen and oxygen atoms in total. The quantitative estimate of drug-likeness (QED) is 0.593. The molecule has 96 valence electrons. The molecule has 16 heavy (non-hydrogen) atoms. The number of carbonyl (C=O) groups is 1. The molecule has 2 amide bonds. The summed E-state index contributed by atoms with van der Waals surface area (Å²) >= 11 is 0. The molecule has 0 aliphatic heterocycles. The molecule has 4 heteroatoms. The van der Waals surface area contributed by atoms with Crippen LogP contribution in [0.15, 0.2) is 0 Å². The zero-order valence-electron chi connectivity index (χ0n) is 11.1. The average molecular weight is 229 g/mol. The van der Waals surface area contributed by atoms with Gasteiger partial charge in [-0.15, -0.1) is 0 Å². The van der Waals surface area contributed by atoms with E-state index in [-0.39, 0.29) is 6.03 Å². The summed E-state index contributed by atoms with van der Waals surface area (Å²) in [5, 5.41) is 9.00. The van der Waals surface area contributed by atoms with E-state index in [1.165, 1.54) is 6.42 Å². The SMILES string of the molecule is CCCC(NC)C(CC)CNC(=O)NCC. The van der Waals surface area contributed by atoms with Crippen molar-refractivity contribution in [1.82, 2.24) is 16.0 Å². The largest absolute Gasteiger partial charge is 0.338 e. The summed E-state index contributed by atoms with van der Waals surface area (Å²) < 4.78 is 0. The molecule has 0 radical (unpaired) electrons. The Balaban J connectivity index is 4.01. The normalized spacial score (nSPS) is 14.2. The molecule has 0 bridgehead atoms. The van der Waals surface area contributed by atoms with Crippen LogP contribution in [0.4, 0.5) is 4.79 Å². The van der Waals surface area contributed by atoms with Crippen LogP contribution in [0.5, 0.6) is 0 Å². The van der Waals surface area contributed by atoms with E-state index in [0.717, 1.165) is 19.4 Å². The molecule has 2 atom stereocenters. The summed E-state index contributed by atoms with van der Waals surface area (Å²) in [6.07, 6.45) is 3.41. The number of nitrogens with one attached hydrogen (secondary N) is 3. The van der Waals surface area contributed by atoms with Crippen molar-refractivity contribution < 1.29 is 4.79 Å². The van der Waals surface area contributed by atoms with Crippen molar-refractivity contribution in [3.8, 4) is 0 Å². The van der Waals surface area contributed by atoms with Crippen LogP contribution in [0.1, 0.15) is 40.0 Å². The lowest BCUT2D eigenvalue weighted by molar-refractivity contribution is 0.236. The van der Waals surface area contributed by atoms with Gasteiger partial charge in [-0.05, 0) is 26.3 Å². The number of rotatable bonds is 8. The third-order valence-electron chi connectivity index (χ3n) is 2.93. The van der Waals surface area contributed by atoms with E-state index < -0.39 is 0 Å². The predicted octanol–water partition coefficient (Wildman–Crippen LogP) is 1.72. The van der Waals surface area contributed by atoms with E-state index in [1.54, 1.807) is 0 Å². The highest BCUT2D eigenvalue weighted by atomic mass is 16.2. The zero-order valence-corrected chi connectivity index (χ0v) is 11.1. The van der Waals surface area contributed by atoms with Crippen molar-refractivity contribution >= 4 is 6.03 Å². The fraction of sp³-hybridized carbons (Fsp3) is 0.917. The molecular formula is C12H27N3O.